The lowest BCUT2D eigenvalue weighted by Gasteiger charge is -2.22. The standard InChI is InChI=1S/C16H25NO3/c1-18-15-9-8-13(12-16(15)19-2)10-11-20-17-14-6-4-3-5-7-14/h8-9,12,14,17H,3-7,10-11H2,1-2H3. The minimum atomic E-state index is 0.536. The Morgan fingerprint density at radius 1 is 1.05 bits per heavy atom. The summed E-state index contributed by atoms with van der Waals surface area (Å²) in [6.45, 7) is 0.673. The van der Waals surface area contributed by atoms with Crippen molar-refractivity contribution < 1.29 is 14.3 Å². The third-order valence-electron chi connectivity index (χ3n) is 3.80. The van der Waals surface area contributed by atoms with Crippen LogP contribution in [-0.2, 0) is 11.3 Å². The maximum atomic E-state index is 5.59. The van der Waals surface area contributed by atoms with Crippen molar-refractivity contribution in [1.29, 1.82) is 0 Å². The van der Waals surface area contributed by atoms with Crippen molar-refractivity contribution in [3.63, 3.8) is 0 Å². The second-order valence-corrected chi connectivity index (χ2v) is 5.24. The summed E-state index contributed by atoms with van der Waals surface area (Å²) in [5, 5.41) is 0. The Morgan fingerprint density at radius 2 is 1.80 bits per heavy atom. The highest BCUT2D eigenvalue weighted by Gasteiger charge is 2.12. The van der Waals surface area contributed by atoms with Crippen LogP contribution in [0, 0.1) is 0 Å². The molecule has 1 fully saturated rings. The van der Waals surface area contributed by atoms with Crippen molar-refractivity contribution in [2.24, 2.45) is 0 Å². The number of methoxy groups -OCH3 is 2. The number of nitrogens with one attached hydrogen (secondary N) is 1. The molecule has 0 amide bonds. The SMILES string of the molecule is COc1ccc(CCONC2CCCCC2)cc1OC. The fourth-order valence-corrected chi connectivity index (χ4v) is 2.60. The molecule has 0 radical (unpaired) electrons. The van der Waals surface area contributed by atoms with Crippen LogP contribution < -0.4 is 15.0 Å². The molecule has 2 rings (SSSR count). The van der Waals surface area contributed by atoms with E-state index in [1.165, 1.54) is 37.7 Å². The molecule has 0 bridgehead atoms. The van der Waals surface area contributed by atoms with Crippen molar-refractivity contribution in [2.75, 3.05) is 20.8 Å². The molecule has 1 aromatic rings. The lowest BCUT2D eigenvalue weighted by atomic mass is 9.96. The highest BCUT2D eigenvalue weighted by molar-refractivity contribution is 5.42. The van der Waals surface area contributed by atoms with E-state index in [4.69, 9.17) is 14.3 Å². The van der Waals surface area contributed by atoms with E-state index in [-0.39, 0.29) is 0 Å². The largest absolute Gasteiger partial charge is 0.493 e. The minimum absolute atomic E-state index is 0.536. The van der Waals surface area contributed by atoms with Gasteiger partial charge >= 0.3 is 0 Å². The summed E-state index contributed by atoms with van der Waals surface area (Å²) in [5.74, 6) is 1.53. The molecule has 1 aliphatic carbocycles. The smallest absolute Gasteiger partial charge is 0.160 e. The van der Waals surface area contributed by atoms with Crippen LogP contribution in [0.25, 0.3) is 0 Å². The van der Waals surface area contributed by atoms with E-state index in [9.17, 15) is 0 Å². The van der Waals surface area contributed by atoms with Crippen LogP contribution in [0.2, 0.25) is 0 Å². The van der Waals surface area contributed by atoms with Crippen LogP contribution in [-0.4, -0.2) is 26.9 Å². The summed E-state index contributed by atoms with van der Waals surface area (Å²) < 4.78 is 10.5. The molecule has 0 aliphatic heterocycles. The first kappa shape index (κ1) is 15.1. The summed E-state index contributed by atoms with van der Waals surface area (Å²) in [5.41, 5.74) is 4.38. The molecule has 0 atom stereocenters. The molecule has 0 heterocycles. The predicted octanol–water partition coefficient (Wildman–Crippen LogP) is 3.10. The number of ether oxygens (including phenoxy) is 2. The summed E-state index contributed by atoms with van der Waals surface area (Å²) >= 11 is 0. The van der Waals surface area contributed by atoms with Crippen LogP contribution in [0.5, 0.6) is 11.5 Å². The van der Waals surface area contributed by atoms with E-state index in [1.807, 2.05) is 18.2 Å². The molecule has 1 saturated carbocycles. The van der Waals surface area contributed by atoms with Crippen LogP contribution in [0.3, 0.4) is 0 Å². The third-order valence-corrected chi connectivity index (χ3v) is 3.80. The summed E-state index contributed by atoms with van der Waals surface area (Å²) in [6.07, 6.45) is 7.32. The Balaban J connectivity index is 1.73. The Morgan fingerprint density at radius 3 is 2.50 bits per heavy atom. The second kappa shape index (κ2) is 8.12. The molecule has 0 aromatic heterocycles. The van der Waals surface area contributed by atoms with E-state index in [0.717, 1.165) is 17.9 Å². The Kier molecular flexibility index (Phi) is 6.15. The fraction of sp³-hybridized carbons (Fsp3) is 0.625. The fourth-order valence-electron chi connectivity index (χ4n) is 2.60. The Labute approximate surface area is 121 Å². The van der Waals surface area contributed by atoms with Gasteiger partial charge in [-0.2, -0.15) is 5.48 Å². The minimum Gasteiger partial charge on any atom is -0.493 e. The predicted molar refractivity (Wildman–Crippen MR) is 79.2 cm³/mol. The lowest BCUT2D eigenvalue weighted by Crippen LogP contribution is -2.31. The van der Waals surface area contributed by atoms with Crippen molar-refractivity contribution in [3.05, 3.63) is 23.8 Å². The zero-order valence-electron chi connectivity index (χ0n) is 12.5. The normalized spacial score (nSPS) is 16.1. The van der Waals surface area contributed by atoms with E-state index in [2.05, 4.69) is 5.48 Å². The Bertz CT molecular complexity index is 403. The van der Waals surface area contributed by atoms with E-state index < -0.39 is 0 Å². The van der Waals surface area contributed by atoms with Crippen molar-refractivity contribution in [2.45, 2.75) is 44.6 Å². The van der Waals surface area contributed by atoms with E-state index in [0.29, 0.717) is 12.6 Å². The molecule has 1 aliphatic rings. The molecular weight excluding hydrogens is 254 g/mol. The molecule has 20 heavy (non-hydrogen) atoms. The van der Waals surface area contributed by atoms with Gasteiger partial charge in [-0.05, 0) is 37.0 Å². The average molecular weight is 279 g/mol. The van der Waals surface area contributed by atoms with Gasteiger partial charge in [0.2, 0.25) is 0 Å². The van der Waals surface area contributed by atoms with Crippen molar-refractivity contribution in [1.82, 2.24) is 5.48 Å². The van der Waals surface area contributed by atoms with Gasteiger partial charge in [-0.1, -0.05) is 25.3 Å². The molecule has 1 N–H and O–H groups in total. The van der Waals surface area contributed by atoms with Gasteiger partial charge in [0.25, 0.3) is 0 Å². The summed E-state index contributed by atoms with van der Waals surface area (Å²) in [4.78, 5) is 5.59. The van der Waals surface area contributed by atoms with Gasteiger partial charge in [0.1, 0.15) is 0 Å². The van der Waals surface area contributed by atoms with E-state index in [1.54, 1.807) is 14.2 Å². The zero-order chi connectivity index (χ0) is 14.2. The van der Waals surface area contributed by atoms with Crippen LogP contribution in [0.4, 0.5) is 0 Å². The molecular formula is C16H25NO3. The Hall–Kier alpha value is -1.26. The number of hydrogen-bond donors (Lipinski definition) is 1. The van der Waals surface area contributed by atoms with Gasteiger partial charge in [-0.25, -0.2) is 0 Å². The monoisotopic (exact) mass is 279 g/mol. The summed E-state index contributed by atoms with van der Waals surface area (Å²) in [7, 11) is 3.30. The van der Waals surface area contributed by atoms with Crippen molar-refractivity contribution >= 4 is 0 Å². The zero-order valence-corrected chi connectivity index (χ0v) is 12.5. The van der Waals surface area contributed by atoms with Gasteiger partial charge in [-0.3, -0.25) is 0 Å². The van der Waals surface area contributed by atoms with Crippen LogP contribution in [0.15, 0.2) is 18.2 Å². The van der Waals surface area contributed by atoms with Gasteiger partial charge in [0.05, 0.1) is 20.8 Å². The van der Waals surface area contributed by atoms with Crippen LogP contribution >= 0.6 is 0 Å². The topological polar surface area (TPSA) is 39.7 Å². The molecule has 1 aromatic carbocycles. The van der Waals surface area contributed by atoms with Gasteiger partial charge in [0, 0.05) is 6.04 Å². The quantitative estimate of drug-likeness (QED) is 0.615. The molecule has 4 heteroatoms. The lowest BCUT2D eigenvalue weighted by molar-refractivity contribution is 0.00899. The molecule has 112 valence electrons. The molecule has 4 nitrogen and oxygen atoms in total. The number of hydrogen-bond acceptors (Lipinski definition) is 4. The number of rotatable bonds is 7. The molecule has 0 unspecified atom stereocenters. The van der Waals surface area contributed by atoms with Crippen LogP contribution in [0.1, 0.15) is 37.7 Å². The van der Waals surface area contributed by atoms with Gasteiger partial charge in [-0.15, -0.1) is 0 Å². The third kappa shape index (κ3) is 4.39. The van der Waals surface area contributed by atoms with Crippen molar-refractivity contribution in [3.8, 4) is 11.5 Å². The second-order valence-electron chi connectivity index (χ2n) is 5.24. The number of hydroxylamine groups is 1. The highest BCUT2D eigenvalue weighted by atomic mass is 16.6. The molecule has 0 spiro atoms. The van der Waals surface area contributed by atoms with Gasteiger partial charge in [0.15, 0.2) is 11.5 Å². The van der Waals surface area contributed by atoms with Gasteiger partial charge < -0.3 is 14.3 Å². The molecule has 0 saturated heterocycles. The summed E-state index contributed by atoms with van der Waals surface area (Å²) in [6, 6.07) is 6.52. The maximum absolute atomic E-state index is 5.59. The highest BCUT2D eigenvalue weighted by Crippen LogP contribution is 2.27. The first-order chi connectivity index (χ1) is 9.83. The maximum Gasteiger partial charge on any atom is 0.160 e. The number of benzene rings is 1. The van der Waals surface area contributed by atoms with E-state index >= 15 is 0 Å². The average Bonchev–Trinajstić information content (AvgIpc) is 2.52. The first-order valence-electron chi connectivity index (χ1n) is 7.41. The first-order valence-corrected chi connectivity index (χ1v) is 7.41.